The van der Waals surface area contributed by atoms with Crippen molar-refractivity contribution in [2.75, 3.05) is 16.8 Å². The van der Waals surface area contributed by atoms with Crippen LogP contribution in [-0.4, -0.2) is 19.0 Å². The van der Waals surface area contributed by atoms with Gasteiger partial charge in [-0.1, -0.05) is 0 Å². The van der Waals surface area contributed by atoms with Crippen molar-refractivity contribution in [2.45, 2.75) is 39.6 Å². The molecule has 1 saturated heterocycles. The molecule has 0 aromatic heterocycles. The number of ether oxygens (including phenoxy) is 1. The molecular formula is C16H19N3O. The van der Waals surface area contributed by atoms with Crippen molar-refractivity contribution in [3.63, 3.8) is 0 Å². The number of hydrogen-bond donors (Lipinski definition) is 0. The largest absolute Gasteiger partial charge is 0.330 e. The number of hydrogen-bond acceptors (Lipinski definition) is 3. The van der Waals surface area contributed by atoms with E-state index in [0.29, 0.717) is 0 Å². The van der Waals surface area contributed by atoms with E-state index >= 15 is 0 Å². The van der Waals surface area contributed by atoms with Gasteiger partial charge in [0.2, 0.25) is 6.35 Å². The molecule has 0 radical (unpaired) electrons. The highest BCUT2D eigenvalue weighted by Gasteiger charge is 2.49. The molecule has 0 spiro atoms. The van der Waals surface area contributed by atoms with Crippen molar-refractivity contribution in [3.8, 4) is 0 Å². The molecule has 4 nitrogen and oxygen atoms in total. The summed E-state index contributed by atoms with van der Waals surface area (Å²) in [7, 11) is 2.04. The lowest BCUT2D eigenvalue weighted by Gasteiger charge is -2.24. The van der Waals surface area contributed by atoms with Gasteiger partial charge in [0.05, 0.1) is 29.2 Å². The molecular weight excluding hydrogens is 250 g/mol. The summed E-state index contributed by atoms with van der Waals surface area (Å²) in [6, 6.07) is 4.37. The van der Waals surface area contributed by atoms with Gasteiger partial charge in [0, 0.05) is 7.05 Å². The minimum atomic E-state index is -0.444. The maximum Gasteiger partial charge on any atom is 0.214 e. The van der Waals surface area contributed by atoms with Gasteiger partial charge in [0.25, 0.3) is 0 Å². The van der Waals surface area contributed by atoms with E-state index in [1.165, 1.54) is 11.1 Å². The maximum atomic E-state index is 7.16. The molecule has 0 bridgehead atoms. The van der Waals surface area contributed by atoms with Crippen LogP contribution in [0.3, 0.4) is 0 Å². The third kappa shape index (κ3) is 1.56. The van der Waals surface area contributed by atoms with Crippen LogP contribution in [0.15, 0.2) is 24.0 Å². The van der Waals surface area contributed by atoms with E-state index in [0.717, 1.165) is 17.1 Å². The summed E-state index contributed by atoms with van der Waals surface area (Å²) in [6.45, 7) is 15.4. The Bertz CT molecular complexity index is 654. The van der Waals surface area contributed by atoms with Gasteiger partial charge in [0.15, 0.2) is 6.20 Å². The zero-order valence-electron chi connectivity index (χ0n) is 12.6. The molecule has 1 aromatic rings. The predicted molar refractivity (Wildman–Crippen MR) is 80.4 cm³/mol. The molecule has 1 unspecified atom stereocenters. The second kappa shape index (κ2) is 4.00. The van der Waals surface area contributed by atoms with E-state index in [9.17, 15) is 0 Å². The molecule has 20 heavy (non-hydrogen) atoms. The van der Waals surface area contributed by atoms with Crippen molar-refractivity contribution in [2.24, 2.45) is 0 Å². The van der Waals surface area contributed by atoms with Crippen LogP contribution in [0.25, 0.3) is 4.85 Å². The molecule has 1 fully saturated rings. The number of nitrogens with zero attached hydrogens (tertiary/aromatic N) is 3. The Labute approximate surface area is 120 Å². The Hall–Kier alpha value is -1.99. The third-order valence-electron chi connectivity index (χ3n) is 4.25. The first-order valence-corrected chi connectivity index (χ1v) is 6.75. The lowest BCUT2D eigenvalue weighted by molar-refractivity contribution is 0.000576. The molecule has 1 atom stereocenters. The minimum Gasteiger partial charge on any atom is -0.330 e. The standard InChI is InChI=1S/C16H19N3O/c1-10-7-12-13(8-11(10)2)19-14(9-17-5)16(3,4)20-15(19)18(12)6/h7-9,15H,1-4,6H3/b14-9-. The van der Waals surface area contributed by atoms with E-state index in [4.69, 9.17) is 11.3 Å². The summed E-state index contributed by atoms with van der Waals surface area (Å²) in [6.07, 6.45) is 1.42. The third-order valence-corrected chi connectivity index (χ3v) is 4.25. The van der Waals surface area contributed by atoms with Gasteiger partial charge < -0.3 is 14.5 Å². The van der Waals surface area contributed by atoms with E-state index in [-0.39, 0.29) is 6.35 Å². The van der Waals surface area contributed by atoms with Gasteiger partial charge in [-0.15, -0.1) is 0 Å². The molecule has 0 N–H and O–H groups in total. The zero-order chi connectivity index (χ0) is 14.7. The van der Waals surface area contributed by atoms with Crippen LogP contribution in [-0.2, 0) is 4.74 Å². The predicted octanol–water partition coefficient (Wildman–Crippen LogP) is 3.41. The van der Waals surface area contributed by atoms with Gasteiger partial charge in [-0.3, -0.25) is 0 Å². The van der Waals surface area contributed by atoms with Gasteiger partial charge in [0.1, 0.15) is 0 Å². The highest BCUT2D eigenvalue weighted by molar-refractivity contribution is 5.82. The van der Waals surface area contributed by atoms with Crippen LogP contribution < -0.4 is 9.80 Å². The minimum absolute atomic E-state index is 0.158. The molecule has 3 rings (SSSR count). The fourth-order valence-corrected chi connectivity index (χ4v) is 2.95. The van der Waals surface area contributed by atoms with Gasteiger partial charge >= 0.3 is 0 Å². The number of aryl methyl sites for hydroxylation is 2. The Morgan fingerprint density at radius 2 is 1.85 bits per heavy atom. The molecule has 0 aliphatic carbocycles. The lowest BCUT2D eigenvalue weighted by Crippen LogP contribution is -2.36. The maximum absolute atomic E-state index is 7.16. The zero-order valence-corrected chi connectivity index (χ0v) is 12.6. The normalized spacial score (nSPS) is 24.8. The summed E-state index contributed by atoms with van der Waals surface area (Å²) in [5.41, 5.74) is 5.29. The summed E-state index contributed by atoms with van der Waals surface area (Å²) in [4.78, 5) is 7.73. The second-order valence-corrected chi connectivity index (χ2v) is 6.00. The Balaban J connectivity index is 2.20. The molecule has 2 aliphatic rings. The Morgan fingerprint density at radius 3 is 2.45 bits per heavy atom. The number of fused-ring (bicyclic) bond motifs is 3. The van der Waals surface area contributed by atoms with Gasteiger partial charge in [-0.25, -0.2) is 4.85 Å². The highest BCUT2D eigenvalue weighted by Crippen LogP contribution is 2.50. The summed E-state index contributed by atoms with van der Waals surface area (Å²) >= 11 is 0. The van der Waals surface area contributed by atoms with E-state index in [1.807, 2.05) is 20.9 Å². The number of benzene rings is 1. The summed E-state index contributed by atoms with van der Waals surface area (Å²) in [5, 5.41) is 0. The first kappa shape index (κ1) is 13.0. The van der Waals surface area contributed by atoms with Crippen molar-refractivity contribution in [1.29, 1.82) is 0 Å². The monoisotopic (exact) mass is 269 g/mol. The average Bonchev–Trinajstić information content (AvgIpc) is 2.76. The summed E-state index contributed by atoms with van der Waals surface area (Å²) in [5.74, 6) is 0. The van der Waals surface area contributed by atoms with E-state index < -0.39 is 5.60 Å². The topological polar surface area (TPSA) is 20.1 Å². The molecule has 0 saturated carbocycles. The Kier molecular flexibility index (Phi) is 2.60. The van der Waals surface area contributed by atoms with Crippen molar-refractivity contribution < 1.29 is 4.74 Å². The fraction of sp³-hybridized carbons (Fsp3) is 0.438. The molecule has 2 aliphatic heterocycles. The molecule has 2 heterocycles. The molecule has 104 valence electrons. The average molecular weight is 269 g/mol. The first-order chi connectivity index (χ1) is 9.36. The van der Waals surface area contributed by atoms with Crippen LogP contribution in [0, 0.1) is 20.4 Å². The first-order valence-electron chi connectivity index (χ1n) is 6.75. The van der Waals surface area contributed by atoms with Crippen molar-refractivity contribution >= 4 is 11.4 Å². The lowest BCUT2D eigenvalue weighted by atomic mass is 10.0. The SMILES string of the molecule is [C-]#[N+]/C=C1\N2c3cc(C)c(C)cc3N(C)C2OC1(C)C. The smallest absolute Gasteiger partial charge is 0.214 e. The van der Waals surface area contributed by atoms with Crippen LogP contribution in [0.2, 0.25) is 0 Å². The molecule has 1 aromatic carbocycles. The van der Waals surface area contributed by atoms with Crippen LogP contribution in [0.4, 0.5) is 11.4 Å². The van der Waals surface area contributed by atoms with Gasteiger partial charge in [-0.2, -0.15) is 0 Å². The fourth-order valence-electron chi connectivity index (χ4n) is 2.95. The Morgan fingerprint density at radius 1 is 1.25 bits per heavy atom. The van der Waals surface area contributed by atoms with E-state index in [2.05, 4.69) is 40.6 Å². The van der Waals surface area contributed by atoms with Gasteiger partial charge in [-0.05, 0) is 51.0 Å². The van der Waals surface area contributed by atoms with Crippen molar-refractivity contribution in [1.82, 2.24) is 0 Å². The second-order valence-electron chi connectivity index (χ2n) is 6.00. The van der Waals surface area contributed by atoms with Crippen LogP contribution in [0.1, 0.15) is 25.0 Å². The highest BCUT2D eigenvalue weighted by atomic mass is 16.6. The molecule has 0 amide bonds. The number of rotatable bonds is 0. The summed E-state index contributed by atoms with van der Waals surface area (Å²) < 4.78 is 6.15. The van der Waals surface area contributed by atoms with E-state index in [1.54, 1.807) is 6.20 Å². The molecule has 4 heteroatoms. The van der Waals surface area contributed by atoms with Crippen LogP contribution >= 0.6 is 0 Å². The van der Waals surface area contributed by atoms with Crippen LogP contribution in [0.5, 0.6) is 0 Å². The van der Waals surface area contributed by atoms with Crippen molar-refractivity contribution in [3.05, 3.63) is 46.6 Å². The quantitative estimate of drug-likeness (QED) is 0.673. The number of anilines is 2.